The largest absolute Gasteiger partial charge is 0.254 e. The van der Waals surface area contributed by atoms with E-state index in [-0.39, 0.29) is 17.2 Å². The van der Waals surface area contributed by atoms with Crippen LogP contribution in [-0.2, 0) is 10.8 Å². The van der Waals surface area contributed by atoms with Gasteiger partial charge in [-0.2, -0.15) is 0 Å². The quantitative estimate of drug-likeness (QED) is 0.340. The van der Waals surface area contributed by atoms with Crippen LogP contribution in [0, 0.1) is 11.6 Å². The van der Waals surface area contributed by atoms with Crippen LogP contribution in [0.15, 0.2) is 28.2 Å². The van der Waals surface area contributed by atoms with E-state index < -0.39 is 22.4 Å². The van der Waals surface area contributed by atoms with Crippen molar-refractivity contribution in [2.75, 3.05) is 12.3 Å². The Hall–Kier alpha value is -1.46. The Bertz CT molecular complexity index is 446. The smallest absolute Gasteiger partial charge is 0.142 e. The molecular weight excluding hydrogens is 236 g/mol. The van der Waals surface area contributed by atoms with Gasteiger partial charge < -0.3 is 0 Å². The molecule has 0 aliphatic rings. The molecule has 0 saturated heterocycles. The second-order valence-corrected chi connectivity index (χ2v) is 4.47. The molecule has 0 aliphatic carbocycles. The summed E-state index contributed by atoms with van der Waals surface area (Å²) in [6.45, 7) is 0.213. The summed E-state index contributed by atoms with van der Waals surface area (Å²) in [5.74, 6) is -1.34. The molecule has 0 radical (unpaired) electrons. The maximum Gasteiger partial charge on any atom is 0.142 e. The second kappa shape index (κ2) is 6.19. The predicted octanol–water partition coefficient (Wildman–Crippen LogP) is 2.77. The highest BCUT2D eigenvalue weighted by Gasteiger charge is 2.10. The van der Waals surface area contributed by atoms with Crippen molar-refractivity contribution in [3.05, 3.63) is 40.3 Å². The molecule has 0 bridgehead atoms. The fraction of sp³-hybridized carbons (Fsp3) is 0.333. The zero-order valence-electron chi connectivity index (χ0n) is 8.27. The molecule has 0 aliphatic heterocycles. The third kappa shape index (κ3) is 3.60. The van der Waals surface area contributed by atoms with Crippen LogP contribution in [0.5, 0.6) is 0 Å². The molecule has 16 heavy (non-hydrogen) atoms. The topological polar surface area (TPSA) is 65.8 Å². The van der Waals surface area contributed by atoms with E-state index in [0.29, 0.717) is 12.5 Å². The van der Waals surface area contributed by atoms with Gasteiger partial charge in [-0.1, -0.05) is 5.11 Å². The predicted molar refractivity (Wildman–Crippen MR) is 56.3 cm³/mol. The summed E-state index contributed by atoms with van der Waals surface area (Å²) in [5.41, 5.74) is 8.00. The molecule has 0 aromatic heterocycles. The van der Waals surface area contributed by atoms with E-state index in [0.717, 1.165) is 12.1 Å². The average Bonchev–Trinajstić information content (AvgIpc) is 2.24. The van der Waals surface area contributed by atoms with Crippen molar-refractivity contribution in [2.24, 2.45) is 5.11 Å². The van der Waals surface area contributed by atoms with Crippen molar-refractivity contribution in [1.29, 1.82) is 0 Å². The first-order valence-electron chi connectivity index (χ1n) is 4.49. The van der Waals surface area contributed by atoms with Gasteiger partial charge in [0.15, 0.2) is 0 Å². The molecule has 4 nitrogen and oxygen atoms in total. The second-order valence-electron chi connectivity index (χ2n) is 2.93. The fourth-order valence-electron chi connectivity index (χ4n) is 1.08. The number of nitrogens with zero attached hydrogens (tertiary/aromatic N) is 3. The van der Waals surface area contributed by atoms with Gasteiger partial charge in [0.25, 0.3) is 0 Å². The van der Waals surface area contributed by atoms with Crippen LogP contribution < -0.4 is 0 Å². The monoisotopic (exact) mass is 245 g/mol. The highest BCUT2D eigenvalue weighted by molar-refractivity contribution is 7.85. The molecule has 86 valence electrons. The molecule has 0 heterocycles. The maximum absolute atomic E-state index is 13.2. The van der Waals surface area contributed by atoms with Gasteiger partial charge in [-0.25, -0.2) is 8.78 Å². The summed E-state index contributed by atoms with van der Waals surface area (Å²) in [6.07, 6.45) is 0.396. The summed E-state index contributed by atoms with van der Waals surface area (Å²) >= 11 is 0. The van der Waals surface area contributed by atoms with Gasteiger partial charge in [0.2, 0.25) is 0 Å². The lowest BCUT2D eigenvalue weighted by molar-refractivity contribution is 0.562. The molecule has 0 fully saturated rings. The summed E-state index contributed by atoms with van der Waals surface area (Å²) in [7, 11) is -1.53. The molecule has 1 unspecified atom stereocenters. The summed E-state index contributed by atoms with van der Waals surface area (Å²) in [6, 6.07) is 2.92. The highest BCUT2D eigenvalue weighted by atomic mass is 32.2. The van der Waals surface area contributed by atoms with Crippen molar-refractivity contribution in [3.63, 3.8) is 0 Å². The van der Waals surface area contributed by atoms with Crippen LogP contribution in [0.25, 0.3) is 10.4 Å². The summed E-state index contributed by atoms with van der Waals surface area (Å²) < 4.78 is 37.3. The van der Waals surface area contributed by atoms with Gasteiger partial charge >= 0.3 is 0 Å². The number of hydrogen-bond donors (Lipinski definition) is 0. The van der Waals surface area contributed by atoms with Crippen molar-refractivity contribution in [2.45, 2.75) is 11.3 Å². The SMILES string of the molecule is [N-]=[N+]=NCCCS(=O)c1ccc(F)cc1F. The Labute approximate surface area is 93.4 Å². The Morgan fingerprint density at radius 1 is 1.44 bits per heavy atom. The van der Waals surface area contributed by atoms with E-state index in [4.69, 9.17) is 5.53 Å². The fourth-order valence-corrected chi connectivity index (χ4v) is 2.19. The van der Waals surface area contributed by atoms with E-state index >= 15 is 0 Å². The van der Waals surface area contributed by atoms with E-state index in [1.54, 1.807) is 0 Å². The number of halogens is 2. The van der Waals surface area contributed by atoms with Crippen LogP contribution in [-0.4, -0.2) is 16.5 Å². The number of benzene rings is 1. The zero-order chi connectivity index (χ0) is 12.0. The number of rotatable bonds is 5. The van der Waals surface area contributed by atoms with E-state index in [1.807, 2.05) is 0 Å². The molecule has 7 heteroatoms. The maximum atomic E-state index is 13.2. The van der Waals surface area contributed by atoms with E-state index in [1.165, 1.54) is 0 Å². The third-order valence-electron chi connectivity index (χ3n) is 1.79. The lowest BCUT2D eigenvalue weighted by Crippen LogP contribution is -2.02. The van der Waals surface area contributed by atoms with Gasteiger partial charge in [-0.15, -0.1) is 0 Å². The molecule has 0 amide bonds. The molecular formula is C9H9F2N3OS. The summed E-state index contributed by atoms with van der Waals surface area (Å²) in [5, 5.41) is 3.27. The molecule has 1 atom stereocenters. The van der Waals surface area contributed by atoms with Crippen molar-refractivity contribution >= 4 is 10.8 Å². The minimum absolute atomic E-state index is 0.0256. The molecule has 1 aromatic carbocycles. The first-order valence-corrected chi connectivity index (χ1v) is 5.81. The van der Waals surface area contributed by atoms with Gasteiger partial charge in [0.05, 0.1) is 15.7 Å². The number of azide groups is 1. The summed E-state index contributed by atoms with van der Waals surface area (Å²) in [4.78, 5) is 2.51. The lowest BCUT2D eigenvalue weighted by atomic mass is 10.3. The van der Waals surface area contributed by atoms with Gasteiger partial charge in [0, 0.05) is 23.3 Å². The Kier molecular flexibility index (Phi) is 4.88. The van der Waals surface area contributed by atoms with Gasteiger partial charge in [0.1, 0.15) is 11.6 Å². The third-order valence-corrected chi connectivity index (χ3v) is 3.27. The van der Waals surface area contributed by atoms with Crippen molar-refractivity contribution in [1.82, 2.24) is 0 Å². The first kappa shape index (κ1) is 12.6. The van der Waals surface area contributed by atoms with Crippen LogP contribution in [0.3, 0.4) is 0 Å². The Morgan fingerprint density at radius 2 is 2.19 bits per heavy atom. The Morgan fingerprint density at radius 3 is 2.81 bits per heavy atom. The highest BCUT2D eigenvalue weighted by Crippen LogP contribution is 2.14. The van der Waals surface area contributed by atoms with E-state index in [2.05, 4.69) is 10.0 Å². The molecule has 0 spiro atoms. The lowest BCUT2D eigenvalue weighted by Gasteiger charge is -2.02. The minimum Gasteiger partial charge on any atom is -0.254 e. The van der Waals surface area contributed by atoms with Gasteiger partial charge in [-0.05, 0) is 24.1 Å². The van der Waals surface area contributed by atoms with Crippen LogP contribution in [0.4, 0.5) is 8.78 Å². The first-order chi connectivity index (χ1) is 7.65. The molecule has 1 aromatic rings. The molecule has 1 rings (SSSR count). The van der Waals surface area contributed by atoms with Crippen molar-refractivity contribution in [3.8, 4) is 0 Å². The molecule has 0 saturated carbocycles. The van der Waals surface area contributed by atoms with Crippen LogP contribution in [0.2, 0.25) is 0 Å². The van der Waals surface area contributed by atoms with E-state index in [9.17, 15) is 13.0 Å². The zero-order valence-corrected chi connectivity index (χ0v) is 9.08. The minimum atomic E-state index is -1.53. The van der Waals surface area contributed by atoms with Gasteiger partial charge in [-0.3, -0.25) is 4.21 Å². The standard InChI is InChI=1S/C9H9F2N3OS/c10-7-2-3-9(8(11)6-7)16(15)5-1-4-13-14-12/h2-3,6H,1,4-5H2. The Balaban J connectivity index is 2.62. The van der Waals surface area contributed by atoms with Crippen LogP contribution >= 0.6 is 0 Å². The molecule has 0 N–H and O–H groups in total. The number of hydrogen-bond acceptors (Lipinski definition) is 2. The average molecular weight is 245 g/mol. The van der Waals surface area contributed by atoms with Crippen LogP contribution in [0.1, 0.15) is 6.42 Å². The normalized spacial score (nSPS) is 11.9. The van der Waals surface area contributed by atoms with Crippen molar-refractivity contribution < 1.29 is 13.0 Å².